The molecule has 1 atom stereocenters. The Morgan fingerprint density at radius 3 is 2.61 bits per heavy atom. The minimum atomic E-state index is -0.531. The van der Waals surface area contributed by atoms with Crippen molar-refractivity contribution in [1.29, 1.82) is 0 Å². The number of aryl methyl sites for hydroxylation is 1. The Hall–Kier alpha value is -1.52. The van der Waals surface area contributed by atoms with Gasteiger partial charge in [0.15, 0.2) is 6.10 Å². The number of halogens is 2. The van der Waals surface area contributed by atoms with Gasteiger partial charge in [0, 0.05) is 16.0 Å². The van der Waals surface area contributed by atoms with Crippen molar-refractivity contribution in [1.82, 2.24) is 5.32 Å². The van der Waals surface area contributed by atoms with Crippen molar-refractivity contribution >= 4 is 33.4 Å². The predicted molar refractivity (Wildman–Crippen MR) is 97.0 cm³/mol. The van der Waals surface area contributed by atoms with Crippen LogP contribution in [-0.4, -0.2) is 18.6 Å². The summed E-state index contributed by atoms with van der Waals surface area (Å²) in [7, 11) is 0. The van der Waals surface area contributed by atoms with Gasteiger partial charge < -0.3 is 10.1 Å². The Kier molecular flexibility index (Phi) is 6.93. The first-order valence-corrected chi connectivity index (χ1v) is 8.66. The van der Waals surface area contributed by atoms with E-state index in [4.69, 9.17) is 16.3 Å². The predicted octanol–water partition coefficient (Wildman–Crippen LogP) is 4.62. The number of carbonyl (C=O) groups excluding carboxylic acids is 1. The lowest BCUT2D eigenvalue weighted by Crippen LogP contribution is -2.36. The first-order valence-electron chi connectivity index (χ1n) is 7.49. The van der Waals surface area contributed by atoms with Crippen LogP contribution in [0.25, 0.3) is 0 Å². The minimum absolute atomic E-state index is 0.118. The number of hydrogen-bond acceptors (Lipinski definition) is 2. The SMILES string of the molecule is C[C@H](Oc1ccc(Br)cc1)C(=O)NCCCc1ccccc1Cl. The molecule has 0 bridgehead atoms. The molecular weight excluding hydrogens is 378 g/mol. The van der Waals surface area contributed by atoms with Crippen LogP contribution in [0.1, 0.15) is 18.9 Å². The normalized spacial score (nSPS) is 11.8. The van der Waals surface area contributed by atoms with E-state index in [9.17, 15) is 4.79 Å². The maximum Gasteiger partial charge on any atom is 0.260 e. The van der Waals surface area contributed by atoms with E-state index in [-0.39, 0.29) is 5.91 Å². The van der Waals surface area contributed by atoms with Gasteiger partial charge in [0.05, 0.1) is 0 Å². The Bertz CT molecular complexity index is 646. The van der Waals surface area contributed by atoms with E-state index in [1.54, 1.807) is 6.92 Å². The molecule has 0 heterocycles. The third kappa shape index (κ3) is 5.88. The first kappa shape index (κ1) is 17.8. The summed E-state index contributed by atoms with van der Waals surface area (Å²) >= 11 is 9.47. The fourth-order valence-corrected chi connectivity index (χ4v) is 2.60. The standard InChI is InChI=1S/C18H19BrClNO2/c1-13(23-16-10-8-15(19)9-11-16)18(22)21-12-4-6-14-5-2-3-7-17(14)20/h2-3,5,7-11,13H,4,6,12H2,1H3,(H,21,22)/t13-/m0/s1. The number of nitrogens with one attached hydrogen (secondary N) is 1. The van der Waals surface area contributed by atoms with E-state index in [1.807, 2.05) is 48.5 Å². The number of hydrogen-bond donors (Lipinski definition) is 1. The zero-order valence-electron chi connectivity index (χ0n) is 12.9. The highest BCUT2D eigenvalue weighted by molar-refractivity contribution is 9.10. The van der Waals surface area contributed by atoms with Gasteiger partial charge in [0.25, 0.3) is 5.91 Å². The molecule has 2 aromatic rings. The zero-order chi connectivity index (χ0) is 16.7. The lowest BCUT2D eigenvalue weighted by Gasteiger charge is -2.14. The molecule has 0 aliphatic carbocycles. The van der Waals surface area contributed by atoms with E-state index >= 15 is 0 Å². The molecular formula is C18H19BrClNO2. The highest BCUT2D eigenvalue weighted by Crippen LogP contribution is 2.18. The lowest BCUT2D eigenvalue weighted by atomic mass is 10.1. The van der Waals surface area contributed by atoms with Crippen LogP contribution in [0, 0.1) is 0 Å². The maximum atomic E-state index is 12.0. The highest BCUT2D eigenvalue weighted by atomic mass is 79.9. The van der Waals surface area contributed by atoms with Crippen LogP contribution in [0.2, 0.25) is 5.02 Å². The number of rotatable bonds is 7. The largest absolute Gasteiger partial charge is 0.481 e. The second kappa shape index (κ2) is 8.94. The Balaban J connectivity index is 1.72. The minimum Gasteiger partial charge on any atom is -0.481 e. The summed E-state index contributed by atoms with van der Waals surface area (Å²) in [5, 5.41) is 3.66. The fourth-order valence-electron chi connectivity index (χ4n) is 2.11. The van der Waals surface area contributed by atoms with Crippen molar-refractivity contribution in [3.63, 3.8) is 0 Å². The monoisotopic (exact) mass is 395 g/mol. The van der Waals surface area contributed by atoms with Crippen LogP contribution in [0.15, 0.2) is 53.0 Å². The van der Waals surface area contributed by atoms with E-state index in [1.165, 1.54) is 0 Å². The summed E-state index contributed by atoms with van der Waals surface area (Å²) in [5.74, 6) is 0.555. The molecule has 1 N–H and O–H groups in total. The molecule has 0 aromatic heterocycles. The van der Waals surface area contributed by atoms with Gasteiger partial charge in [-0.05, 0) is 55.7 Å². The molecule has 0 aliphatic rings. The molecule has 0 radical (unpaired) electrons. The highest BCUT2D eigenvalue weighted by Gasteiger charge is 2.13. The number of amides is 1. The van der Waals surface area contributed by atoms with E-state index in [2.05, 4.69) is 21.2 Å². The second-order valence-electron chi connectivity index (χ2n) is 5.20. The third-order valence-corrected chi connectivity index (χ3v) is 4.27. The van der Waals surface area contributed by atoms with Crippen molar-refractivity contribution in [3.8, 4) is 5.75 Å². The summed E-state index contributed by atoms with van der Waals surface area (Å²) in [6.45, 7) is 2.34. The number of benzene rings is 2. The van der Waals surface area contributed by atoms with E-state index in [0.717, 1.165) is 27.9 Å². The Morgan fingerprint density at radius 2 is 1.91 bits per heavy atom. The lowest BCUT2D eigenvalue weighted by molar-refractivity contribution is -0.127. The van der Waals surface area contributed by atoms with Crippen LogP contribution in [-0.2, 0) is 11.2 Å². The Labute approximate surface area is 150 Å². The van der Waals surface area contributed by atoms with E-state index < -0.39 is 6.10 Å². The molecule has 2 aromatic carbocycles. The molecule has 0 unspecified atom stereocenters. The van der Waals surface area contributed by atoms with Gasteiger partial charge >= 0.3 is 0 Å². The molecule has 122 valence electrons. The summed E-state index contributed by atoms with van der Waals surface area (Å²) in [6, 6.07) is 15.2. The average Bonchev–Trinajstić information content (AvgIpc) is 2.55. The molecule has 2 rings (SSSR count). The summed E-state index contributed by atoms with van der Waals surface area (Å²) in [4.78, 5) is 12.0. The van der Waals surface area contributed by atoms with Gasteiger partial charge in [0.1, 0.15) is 5.75 Å². The van der Waals surface area contributed by atoms with E-state index in [0.29, 0.717) is 12.3 Å². The summed E-state index contributed by atoms with van der Waals surface area (Å²) in [5.41, 5.74) is 1.10. The van der Waals surface area contributed by atoms with Gasteiger partial charge in [-0.3, -0.25) is 4.79 Å². The molecule has 0 fully saturated rings. The van der Waals surface area contributed by atoms with Crippen molar-refractivity contribution in [2.45, 2.75) is 25.9 Å². The average molecular weight is 397 g/mol. The van der Waals surface area contributed by atoms with Crippen molar-refractivity contribution in [2.24, 2.45) is 0 Å². The van der Waals surface area contributed by atoms with Gasteiger partial charge in [-0.15, -0.1) is 0 Å². The first-order chi connectivity index (χ1) is 11.1. The fraction of sp³-hybridized carbons (Fsp3) is 0.278. The van der Waals surface area contributed by atoms with Gasteiger partial charge in [0.2, 0.25) is 0 Å². The van der Waals surface area contributed by atoms with Crippen molar-refractivity contribution in [2.75, 3.05) is 6.54 Å². The molecule has 23 heavy (non-hydrogen) atoms. The molecule has 5 heteroatoms. The topological polar surface area (TPSA) is 38.3 Å². The van der Waals surface area contributed by atoms with Crippen LogP contribution in [0.5, 0.6) is 5.75 Å². The second-order valence-corrected chi connectivity index (χ2v) is 6.52. The van der Waals surface area contributed by atoms with Gasteiger partial charge in [-0.2, -0.15) is 0 Å². The molecule has 1 amide bonds. The quantitative estimate of drug-likeness (QED) is 0.694. The number of carbonyl (C=O) groups is 1. The molecule has 0 aliphatic heterocycles. The summed E-state index contributed by atoms with van der Waals surface area (Å²) < 4.78 is 6.59. The van der Waals surface area contributed by atoms with Crippen molar-refractivity contribution in [3.05, 3.63) is 63.6 Å². The molecule has 0 spiro atoms. The van der Waals surface area contributed by atoms with Crippen LogP contribution in [0.3, 0.4) is 0 Å². The molecule has 3 nitrogen and oxygen atoms in total. The molecule has 0 saturated heterocycles. The molecule has 0 saturated carbocycles. The van der Waals surface area contributed by atoms with Gasteiger partial charge in [-0.1, -0.05) is 45.7 Å². The smallest absolute Gasteiger partial charge is 0.260 e. The Morgan fingerprint density at radius 1 is 1.22 bits per heavy atom. The van der Waals surface area contributed by atoms with Crippen LogP contribution >= 0.6 is 27.5 Å². The maximum absolute atomic E-state index is 12.0. The van der Waals surface area contributed by atoms with Crippen LogP contribution in [0.4, 0.5) is 0 Å². The summed E-state index contributed by atoms with van der Waals surface area (Å²) in [6.07, 6.45) is 1.14. The van der Waals surface area contributed by atoms with Crippen molar-refractivity contribution < 1.29 is 9.53 Å². The van der Waals surface area contributed by atoms with Crippen LogP contribution < -0.4 is 10.1 Å². The number of ether oxygens (including phenoxy) is 1. The zero-order valence-corrected chi connectivity index (χ0v) is 15.2. The van der Waals surface area contributed by atoms with Gasteiger partial charge in [-0.25, -0.2) is 0 Å². The third-order valence-electron chi connectivity index (χ3n) is 3.38.